The Hall–Kier alpha value is -2.02. The fourth-order valence-corrected chi connectivity index (χ4v) is 3.43. The van der Waals surface area contributed by atoms with Crippen molar-refractivity contribution in [1.29, 1.82) is 0 Å². The van der Waals surface area contributed by atoms with E-state index in [1.165, 1.54) is 27.1 Å². The topological polar surface area (TPSA) is 12.9 Å². The summed E-state index contributed by atoms with van der Waals surface area (Å²) in [6.07, 6.45) is 1.90. The van der Waals surface area contributed by atoms with Crippen molar-refractivity contribution >= 4 is 21.5 Å². The molecule has 127 valence electrons. The SMILES string of the molecule is CC(C)(C)c1cccc2c1ccc1c(-c3[c-]cccc3)nccc12.[Ir]. The first-order valence-corrected chi connectivity index (χ1v) is 8.34. The van der Waals surface area contributed by atoms with Crippen LogP contribution in [0.1, 0.15) is 26.3 Å². The van der Waals surface area contributed by atoms with E-state index in [0.717, 1.165) is 11.3 Å². The second-order valence-electron chi connectivity index (χ2n) is 7.25. The summed E-state index contributed by atoms with van der Waals surface area (Å²) in [5.41, 5.74) is 3.54. The summed E-state index contributed by atoms with van der Waals surface area (Å²) >= 11 is 0. The third kappa shape index (κ3) is 3.13. The zero-order chi connectivity index (χ0) is 16.7. The number of rotatable bonds is 1. The zero-order valence-electron chi connectivity index (χ0n) is 14.6. The number of pyridine rings is 1. The molecule has 0 spiro atoms. The third-order valence-corrected chi connectivity index (χ3v) is 4.58. The summed E-state index contributed by atoms with van der Waals surface area (Å²) in [5, 5.41) is 5.05. The first-order chi connectivity index (χ1) is 11.6. The van der Waals surface area contributed by atoms with Gasteiger partial charge in [-0.3, -0.25) is 0 Å². The molecule has 25 heavy (non-hydrogen) atoms. The molecular formula is C23H20IrN-. The van der Waals surface area contributed by atoms with E-state index in [4.69, 9.17) is 0 Å². The van der Waals surface area contributed by atoms with Gasteiger partial charge in [-0.25, -0.2) is 0 Å². The second-order valence-corrected chi connectivity index (χ2v) is 7.25. The maximum atomic E-state index is 4.62. The normalized spacial score (nSPS) is 11.5. The summed E-state index contributed by atoms with van der Waals surface area (Å²) in [6.45, 7) is 6.80. The zero-order valence-corrected chi connectivity index (χ0v) is 17.0. The van der Waals surface area contributed by atoms with Gasteiger partial charge in [0, 0.05) is 26.3 Å². The van der Waals surface area contributed by atoms with Crippen LogP contribution in [0.25, 0.3) is 32.8 Å². The quantitative estimate of drug-likeness (QED) is 0.225. The molecule has 1 radical (unpaired) electrons. The van der Waals surface area contributed by atoms with E-state index in [9.17, 15) is 0 Å². The van der Waals surface area contributed by atoms with E-state index in [1.54, 1.807) is 0 Å². The van der Waals surface area contributed by atoms with Gasteiger partial charge in [0.15, 0.2) is 0 Å². The minimum absolute atomic E-state index is 0. The molecular weight excluding hydrogens is 482 g/mol. The van der Waals surface area contributed by atoms with Gasteiger partial charge in [0.05, 0.1) is 0 Å². The Morgan fingerprint density at radius 1 is 0.760 bits per heavy atom. The summed E-state index contributed by atoms with van der Waals surface area (Å²) in [6, 6.07) is 24.5. The molecule has 0 N–H and O–H groups in total. The van der Waals surface area contributed by atoms with Gasteiger partial charge in [0.25, 0.3) is 0 Å². The van der Waals surface area contributed by atoms with Crippen LogP contribution in [0.3, 0.4) is 0 Å². The Kier molecular flexibility index (Phi) is 4.77. The van der Waals surface area contributed by atoms with Gasteiger partial charge in [-0.1, -0.05) is 51.1 Å². The number of fused-ring (bicyclic) bond motifs is 3. The molecule has 0 unspecified atom stereocenters. The fraction of sp³-hybridized carbons (Fsp3) is 0.174. The van der Waals surface area contributed by atoms with Gasteiger partial charge >= 0.3 is 0 Å². The fourth-order valence-electron chi connectivity index (χ4n) is 3.43. The molecule has 0 bridgehead atoms. The minimum Gasteiger partial charge on any atom is -0.304 e. The van der Waals surface area contributed by atoms with E-state index < -0.39 is 0 Å². The van der Waals surface area contributed by atoms with E-state index in [-0.39, 0.29) is 25.5 Å². The van der Waals surface area contributed by atoms with Crippen molar-refractivity contribution in [3.63, 3.8) is 0 Å². The van der Waals surface area contributed by atoms with Crippen molar-refractivity contribution < 1.29 is 20.1 Å². The average Bonchev–Trinajstić information content (AvgIpc) is 2.60. The summed E-state index contributed by atoms with van der Waals surface area (Å²) < 4.78 is 0. The smallest absolute Gasteiger partial charge is 0.0167 e. The largest absolute Gasteiger partial charge is 0.304 e. The van der Waals surface area contributed by atoms with Gasteiger partial charge in [0.1, 0.15) is 0 Å². The van der Waals surface area contributed by atoms with Gasteiger partial charge in [-0.15, -0.1) is 35.9 Å². The van der Waals surface area contributed by atoms with Crippen LogP contribution in [-0.4, -0.2) is 4.98 Å². The van der Waals surface area contributed by atoms with E-state index in [1.807, 2.05) is 24.4 Å². The van der Waals surface area contributed by atoms with E-state index in [2.05, 4.69) is 74.3 Å². The molecule has 1 heterocycles. The first-order valence-electron chi connectivity index (χ1n) is 8.34. The minimum atomic E-state index is 0. The number of hydrogen-bond acceptors (Lipinski definition) is 1. The van der Waals surface area contributed by atoms with Crippen LogP contribution in [0.15, 0.2) is 66.9 Å². The van der Waals surface area contributed by atoms with Crippen LogP contribution in [0.5, 0.6) is 0 Å². The van der Waals surface area contributed by atoms with Crippen molar-refractivity contribution in [2.45, 2.75) is 26.2 Å². The molecule has 4 aromatic rings. The van der Waals surface area contributed by atoms with E-state index >= 15 is 0 Å². The molecule has 0 fully saturated rings. The number of aromatic nitrogens is 1. The molecule has 0 amide bonds. The summed E-state index contributed by atoms with van der Waals surface area (Å²) in [5.74, 6) is 0. The van der Waals surface area contributed by atoms with Crippen molar-refractivity contribution in [2.24, 2.45) is 0 Å². The second kappa shape index (κ2) is 6.71. The molecule has 4 rings (SSSR count). The van der Waals surface area contributed by atoms with Crippen LogP contribution >= 0.6 is 0 Å². The van der Waals surface area contributed by atoms with Gasteiger partial charge in [-0.05, 0) is 44.3 Å². The predicted octanol–water partition coefficient (Wildman–Crippen LogP) is 6.15. The summed E-state index contributed by atoms with van der Waals surface area (Å²) in [7, 11) is 0. The molecule has 0 aliphatic heterocycles. The molecule has 0 saturated carbocycles. The van der Waals surface area contributed by atoms with Crippen molar-refractivity contribution in [1.82, 2.24) is 4.98 Å². The molecule has 0 aliphatic rings. The number of nitrogens with zero attached hydrogens (tertiary/aromatic N) is 1. The Morgan fingerprint density at radius 3 is 2.24 bits per heavy atom. The van der Waals surface area contributed by atoms with E-state index in [0.29, 0.717) is 0 Å². The van der Waals surface area contributed by atoms with Gasteiger partial charge < -0.3 is 4.98 Å². The van der Waals surface area contributed by atoms with Gasteiger partial charge in [-0.2, -0.15) is 0 Å². The molecule has 1 aromatic heterocycles. The maximum absolute atomic E-state index is 4.62. The Labute approximate surface area is 162 Å². The standard InChI is InChI=1S/C23H20N.Ir/c1-23(2,3)21-11-7-10-17-18-14-15-24-22(16-8-5-4-6-9-16)20(18)13-12-19(17)21;/h4-8,10-15H,1-3H3;/q-1;. The average molecular weight is 503 g/mol. The Morgan fingerprint density at radius 2 is 1.52 bits per heavy atom. The number of hydrogen-bond donors (Lipinski definition) is 0. The molecule has 0 atom stereocenters. The van der Waals surface area contributed by atoms with Crippen LogP contribution in [0.2, 0.25) is 0 Å². The first kappa shape index (κ1) is 17.8. The molecule has 2 heteroatoms. The van der Waals surface area contributed by atoms with Crippen LogP contribution in [0, 0.1) is 6.07 Å². The maximum Gasteiger partial charge on any atom is 0.0167 e. The van der Waals surface area contributed by atoms with Gasteiger partial charge in [0.2, 0.25) is 0 Å². The molecule has 0 saturated heterocycles. The van der Waals surface area contributed by atoms with Crippen molar-refractivity contribution in [3.8, 4) is 11.3 Å². The Balaban J connectivity index is 0.00000182. The number of benzene rings is 3. The van der Waals surface area contributed by atoms with Crippen molar-refractivity contribution in [2.75, 3.05) is 0 Å². The predicted molar refractivity (Wildman–Crippen MR) is 102 cm³/mol. The molecule has 0 aliphatic carbocycles. The molecule has 1 nitrogen and oxygen atoms in total. The molecule has 3 aromatic carbocycles. The summed E-state index contributed by atoms with van der Waals surface area (Å²) in [4.78, 5) is 4.62. The Bertz CT molecular complexity index is 1030. The third-order valence-electron chi connectivity index (χ3n) is 4.58. The van der Waals surface area contributed by atoms with Crippen LogP contribution in [0.4, 0.5) is 0 Å². The van der Waals surface area contributed by atoms with Crippen molar-refractivity contribution in [3.05, 3.63) is 78.5 Å². The van der Waals surface area contributed by atoms with Crippen LogP contribution in [-0.2, 0) is 25.5 Å². The van der Waals surface area contributed by atoms with Crippen LogP contribution < -0.4 is 0 Å². The monoisotopic (exact) mass is 503 g/mol.